The second-order valence-electron chi connectivity index (χ2n) is 2.92. The molecule has 1 aromatic heterocycles. The third kappa shape index (κ3) is 1.56. The predicted octanol–water partition coefficient (Wildman–Crippen LogP) is 2.98. The van der Waals surface area contributed by atoms with E-state index in [0.29, 0.717) is 10.7 Å². The first-order chi connectivity index (χ1) is 6.79. The number of rotatable bonds is 1. The van der Waals surface area contributed by atoms with Crippen LogP contribution in [0.2, 0.25) is 5.02 Å². The van der Waals surface area contributed by atoms with Crippen molar-refractivity contribution in [3.63, 3.8) is 0 Å². The van der Waals surface area contributed by atoms with Gasteiger partial charge in [0.15, 0.2) is 0 Å². The summed E-state index contributed by atoms with van der Waals surface area (Å²) in [4.78, 5) is 4.20. The molecule has 2 nitrogen and oxygen atoms in total. The van der Waals surface area contributed by atoms with Gasteiger partial charge >= 0.3 is 0 Å². The number of anilines is 1. The molecule has 70 valence electrons. The van der Waals surface area contributed by atoms with Crippen LogP contribution in [0.5, 0.6) is 0 Å². The third-order valence-corrected chi connectivity index (χ3v) is 2.28. The van der Waals surface area contributed by atoms with Crippen LogP contribution < -0.4 is 5.73 Å². The standard InChI is InChI=1S/C11H9ClN2/c12-9-5-3-7-14-11(9)8-4-1-2-6-10(8)13/h1-7H,13H2. The highest BCUT2D eigenvalue weighted by Gasteiger charge is 2.06. The fourth-order valence-corrected chi connectivity index (χ4v) is 1.52. The second-order valence-corrected chi connectivity index (χ2v) is 3.33. The number of benzene rings is 1. The smallest absolute Gasteiger partial charge is 0.0908 e. The van der Waals surface area contributed by atoms with E-state index in [1.165, 1.54) is 0 Å². The molecule has 14 heavy (non-hydrogen) atoms. The number of nitrogens with two attached hydrogens (primary N) is 1. The Balaban J connectivity index is 2.61. The first-order valence-electron chi connectivity index (χ1n) is 4.24. The van der Waals surface area contributed by atoms with Crippen molar-refractivity contribution in [3.8, 4) is 11.3 Å². The lowest BCUT2D eigenvalue weighted by atomic mass is 10.1. The summed E-state index contributed by atoms with van der Waals surface area (Å²) in [5, 5.41) is 0.616. The maximum atomic E-state index is 6.01. The highest BCUT2D eigenvalue weighted by atomic mass is 35.5. The Morgan fingerprint density at radius 2 is 1.86 bits per heavy atom. The molecule has 0 aliphatic heterocycles. The summed E-state index contributed by atoms with van der Waals surface area (Å²) in [5.41, 5.74) is 8.11. The Morgan fingerprint density at radius 3 is 2.57 bits per heavy atom. The van der Waals surface area contributed by atoms with E-state index < -0.39 is 0 Å². The van der Waals surface area contributed by atoms with Gasteiger partial charge in [-0.1, -0.05) is 29.8 Å². The largest absolute Gasteiger partial charge is 0.398 e. The zero-order valence-corrected chi connectivity index (χ0v) is 8.20. The van der Waals surface area contributed by atoms with Crippen molar-refractivity contribution < 1.29 is 0 Å². The molecule has 1 aromatic carbocycles. The average molecular weight is 205 g/mol. The van der Waals surface area contributed by atoms with Gasteiger partial charge in [-0.3, -0.25) is 4.98 Å². The van der Waals surface area contributed by atoms with Gasteiger partial charge in [0, 0.05) is 17.4 Å². The lowest BCUT2D eigenvalue weighted by Gasteiger charge is -2.05. The molecule has 0 saturated heterocycles. The molecule has 0 amide bonds. The summed E-state index contributed by atoms with van der Waals surface area (Å²) in [6.45, 7) is 0. The first kappa shape index (κ1) is 9.03. The minimum absolute atomic E-state index is 0.616. The number of nitrogen functional groups attached to an aromatic ring is 1. The summed E-state index contributed by atoms with van der Waals surface area (Å²) < 4.78 is 0. The molecule has 2 rings (SSSR count). The number of nitrogens with zero attached hydrogens (tertiary/aromatic N) is 1. The fraction of sp³-hybridized carbons (Fsp3) is 0. The van der Waals surface area contributed by atoms with Gasteiger partial charge < -0.3 is 5.73 Å². The van der Waals surface area contributed by atoms with Gasteiger partial charge in [-0.2, -0.15) is 0 Å². The van der Waals surface area contributed by atoms with Gasteiger partial charge in [0.05, 0.1) is 10.7 Å². The Morgan fingerprint density at radius 1 is 1.07 bits per heavy atom. The van der Waals surface area contributed by atoms with E-state index in [1.54, 1.807) is 18.3 Å². The maximum Gasteiger partial charge on any atom is 0.0908 e. The van der Waals surface area contributed by atoms with Crippen LogP contribution in [0.1, 0.15) is 0 Å². The molecule has 0 spiro atoms. The van der Waals surface area contributed by atoms with Gasteiger partial charge in [0.1, 0.15) is 0 Å². The molecule has 0 aliphatic carbocycles. The molecular formula is C11H9ClN2. The lowest BCUT2D eigenvalue weighted by Crippen LogP contribution is -1.91. The molecule has 3 heteroatoms. The zero-order chi connectivity index (χ0) is 9.97. The van der Waals surface area contributed by atoms with E-state index in [4.69, 9.17) is 17.3 Å². The van der Waals surface area contributed by atoms with Gasteiger partial charge in [-0.05, 0) is 18.2 Å². The number of para-hydroxylation sites is 1. The number of hydrogen-bond donors (Lipinski definition) is 1. The van der Waals surface area contributed by atoms with E-state index in [-0.39, 0.29) is 0 Å². The Bertz CT molecular complexity index is 411. The highest BCUT2D eigenvalue weighted by molar-refractivity contribution is 6.33. The minimum Gasteiger partial charge on any atom is -0.398 e. The first-order valence-corrected chi connectivity index (χ1v) is 4.62. The van der Waals surface area contributed by atoms with Gasteiger partial charge in [0.25, 0.3) is 0 Å². The fourth-order valence-electron chi connectivity index (χ4n) is 1.30. The van der Waals surface area contributed by atoms with E-state index >= 15 is 0 Å². The molecule has 2 N–H and O–H groups in total. The average Bonchev–Trinajstić information content (AvgIpc) is 2.20. The third-order valence-electron chi connectivity index (χ3n) is 1.97. The van der Waals surface area contributed by atoms with Crippen LogP contribution in [-0.4, -0.2) is 4.98 Å². The molecule has 0 radical (unpaired) electrons. The van der Waals surface area contributed by atoms with Crippen LogP contribution in [0.3, 0.4) is 0 Å². The van der Waals surface area contributed by atoms with Crippen molar-refractivity contribution in [2.24, 2.45) is 0 Å². The van der Waals surface area contributed by atoms with Gasteiger partial charge in [0.2, 0.25) is 0 Å². The molecule has 0 fully saturated rings. The molecule has 0 unspecified atom stereocenters. The molecule has 0 bridgehead atoms. The Hall–Kier alpha value is -1.54. The second kappa shape index (κ2) is 3.68. The number of pyridine rings is 1. The normalized spacial score (nSPS) is 10.1. The summed E-state index contributed by atoms with van der Waals surface area (Å²) in [6, 6.07) is 11.1. The lowest BCUT2D eigenvalue weighted by molar-refractivity contribution is 1.33. The van der Waals surface area contributed by atoms with Crippen LogP contribution in [-0.2, 0) is 0 Å². The van der Waals surface area contributed by atoms with Crippen molar-refractivity contribution >= 4 is 17.3 Å². The monoisotopic (exact) mass is 204 g/mol. The van der Waals surface area contributed by atoms with Crippen LogP contribution in [0.25, 0.3) is 11.3 Å². The van der Waals surface area contributed by atoms with Crippen molar-refractivity contribution in [1.82, 2.24) is 4.98 Å². The summed E-state index contributed by atoms with van der Waals surface area (Å²) in [5.74, 6) is 0. The minimum atomic E-state index is 0.616. The van der Waals surface area contributed by atoms with E-state index in [0.717, 1.165) is 11.3 Å². The molecule has 0 atom stereocenters. The molecular weight excluding hydrogens is 196 g/mol. The molecule has 0 saturated carbocycles. The van der Waals surface area contributed by atoms with Crippen molar-refractivity contribution in [2.75, 3.05) is 5.73 Å². The predicted molar refractivity (Wildman–Crippen MR) is 59.1 cm³/mol. The SMILES string of the molecule is Nc1ccccc1-c1ncccc1Cl. The summed E-state index contributed by atoms with van der Waals surface area (Å²) in [6.07, 6.45) is 1.70. The van der Waals surface area contributed by atoms with E-state index in [1.807, 2.05) is 24.3 Å². The quantitative estimate of drug-likeness (QED) is 0.726. The number of aromatic nitrogens is 1. The zero-order valence-electron chi connectivity index (χ0n) is 7.44. The summed E-state index contributed by atoms with van der Waals surface area (Å²) >= 11 is 6.01. The Labute approximate surface area is 87.4 Å². The van der Waals surface area contributed by atoms with E-state index in [2.05, 4.69) is 4.98 Å². The van der Waals surface area contributed by atoms with Crippen molar-refractivity contribution in [1.29, 1.82) is 0 Å². The van der Waals surface area contributed by atoms with Crippen LogP contribution in [0, 0.1) is 0 Å². The van der Waals surface area contributed by atoms with Crippen LogP contribution in [0.15, 0.2) is 42.6 Å². The van der Waals surface area contributed by atoms with Gasteiger partial charge in [-0.15, -0.1) is 0 Å². The maximum absolute atomic E-state index is 6.01. The van der Waals surface area contributed by atoms with Crippen LogP contribution >= 0.6 is 11.6 Å². The van der Waals surface area contributed by atoms with Gasteiger partial charge in [-0.25, -0.2) is 0 Å². The number of halogens is 1. The molecule has 1 heterocycles. The van der Waals surface area contributed by atoms with Crippen molar-refractivity contribution in [2.45, 2.75) is 0 Å². The van der Waals surface area contributed by atoms with Crippen LogP contribution in [0.4, 0.5) is 5.69 Å². The van der Waals surface area contributed by atoms with E-state index in [9.17, 15) is 0 Å². The number of hydrogen-bond acceptors (Lipinski definition) is 2. The molecule has 0 aliphatic rings. The van der Waals surface area contributed by atoms with Crippen molar-refractivity contribution in [3.05, 3.63) is 47.6 Å². The summed E-state index contributed by atoms with van der Waals surface area (Å²) in [7, 11) is 0. The Kier molecular flexibility index (Phi) is 2.37. The molecule has 2 aromatic rings. The topological polar surface area (TPSA) is 38.9 Å². The highest BCUT2D eigenvalue weighted by Crippen LogP contribution is 2.29.